The maximum absolute atomic E-state index is 17.3. The van der Waals surface area contributed by atoms with Crippen LogP contribution in [0.25, 0.3) is 27.6 Å². The number of fused-ring (bicyclic) bond motifs is 4. The van der Waals surface area contributed by atoms with Crippen LogP contribution in [0, 0.1) is 17.8 Å². The number of carbonyl (C=O) groups excluding carboxylic acids is 5. The van der Waals surface area contributed by atoms with Gasteiger partial charge >= 0.3 is 5.97 Å². The number of carbonyl (C=O) groups is 5. The molecule has 6 aromatic carbocycles. The van der Waals surface area contributed by atoms with E-state index in [1.54, 1.807) is 24.9 Å². The second-order valence-electron chi connectivity index (χ2n) is 28.2. The van der Waals surface area contributed by atoms with Crippen molar-refractivity contribution in [1.82, 2.24) is 15.1 Å². The first-order valence-corrected chi connectivity index (χ1v) is 33.2. The van der Waals surface area contributed by atoms with Crippen LogP contribution in [0.4, 0.5) is 0 Å². The van der Waals surface area contributed by atoms with Gasteiger partial charge < -0.3 is 59.1 Å². The van der Waals surface area contributed by atoms with Crippen molar-refractivity contribution in [3.05, 3.63) is 184 Å². The lowest BCUT2D eigenvalue weighted by Gasteiger charge is -2.64. The van der Waals surface area contributed by atoms with Crippen molar-refractivity contribution in [2.45, 2.75) is 173 Å². The van der Waals surface area contributed by atoms with Gasteiger partial charge in [0.25, 0.3) is 5.91 Å². The number of benzene rings is 6. The standard InChI is InChI=1S/C78H87N3O15/c1-43(2)19-18-36-76(9)37-35-56-67(94-76)55(33-28-44(3)4)69-60(68(56)93-73(90)46(6)79-71(88)49-29-31-52(32-30-49)91-74-66(86)65(85)63(83)58(42-82)92-74)64(84)61-62(80(10)40-50-24-16-22-47-20-12-14-26-53(47)50)57-39-59-75(7,8)96-77(70(57)87,78(59,61)95-69)38-34-45(5)72(89)81(11)41-51-25-17-23-48-21-13-15-27-54(48)51/h12-17,19-32,34-35,37,46,57-59,61-63,65-66,74,82-83,85-86H,18,33,36,38-42H2,1-11H3,(H,79,88)/t46?,57?,58-,59?,61?,62?,63-,65-,66-,74-,76?,77?,78?/m1/s1. The largest absolute Gasteiger partial charge is 0.482 e. The van der Waals surface area contributed by atoms with Crippen molar-refractivity contribution in [2.75, 3.05) is 20.7 Å². The summed E-state index contributed by atoms with van der Waals surface area (Å²) in [5.74, 6) is -4.62. The molecule has 8 unspecified atom stereocenters. The molecule has 18 nitrogen and oxygen atoms in total. The maximum atomic E-state index is 17.3. The molecule has 2 amide bonds. The minimum absolute atomic E-state index is 0.0160. The molecule has 2 saturated heterocycles. The normalized spacial score (nSPS) is 27.8. The van der Waals surface area contributed by atoms with E-state index in [-0.39, 0.29) is 52.9 Å². The Labute approximate surface area is 560 Å². The summed E-state index contributed by atoms with van der Waals surface area (Å²) in [6, 6.07) is 31.8. The molecule has 5 N–H and O–H groups in total. The average molecular weight is 1310 g/mol. The molecule has 4 bridgehead atoms. The van der Waals surface area contributed by atoms with Crippen LogP contribution in [0.15, 0.2) is 150 Å². The summed E-state index contributed by atoms with van der Waals surface area (Å²) in [5.41, 5.74) is -0.214. The van der Waals surface area contributed by atoms with Gasteiger partial charge in [0.1, 0.15) is 58.9 Å². The first-order valence-electron chi connectivity index (χ1n) is 33.2. The van der Waals surface area contributed by atoms with Gasteiger partial charge in [0.05, 0.1) is 23.7 Å². The van der Waals surface area contributed by atoms with Gasteiger partial charge in [-0.1, -0.05) is 114 Å². The van der Waals surface area contributed by atoms with Crippen molar-refractivity contribution in [3.8, 4) is 23.0 Å². The van der Waals surface area contributed by atoms with E-state index in [1.165, 1.54) is 31.2 Å². The summed E-state index contributed by atoms with van der Waals surface area (Å²) in [7, 11) is 3.70. The number of hydrogen-bond donors (Lipinski definition) is 5. The Hall–Kier alpha value is -8.33. The van der Waals surface area contributed by atoms with E-state index in [1.807, 2.05) is 134 Å². The van der Waals surface area contributed by atoms with Crippen molar-refractivity contribution in [2.24, 2.45) is 17.8 Å². The average Bonchev–Trinajstić information content (AvgIpc) is 1.39. The highest BCUT2D eigenvalue weighted by Crippen LogP contribution is 2.71. The maximum Gasteiger partial charge on any atom is 0.333 e. The summed E-state index contributed by atoms with van der Waals surface area (Å²) in [6.45, 7) is 17.1. The molecule has 6 aromatic rings. The molecule has 4 aliphatic heterocycles. The first kappa shape index (κ1) is 67.6. The number of ketones is 2. The van der Waals surface area contributed by atoms with Crippen LogP contribution < -0.4 is 24.3 Å². The minimum atomic E-state index is -1.84. The number of aliphatic hydroxyl groups excluding tert-OH is 4. The summed E-state index contributed by atoms with van der Waals surface area (Å²) in [4.78, 5) is 81.5. The highest BCUT2D eigenvalue weighted by molar-refractivity contribution is 6.11. The lowest BCUT2D eigenvalue weighted by atomic mass is 9.44. The summed E-state index contributed by atoms with van der Waals surface area (Å²) in [5, 5.41) is 47.8. The fraction of sp³-hybridized carbons (Fsp3) is 0.423. The molecule has 13 atom stereocenters. The molecule has 7 aliphatic rings. The molecule has 4 heterocycles. The van der Waals surface area contributed by atoms with Gasteiger partial charge in [-0.25, -0.2) is 4.79 Å². The van der Waals surface area contributed by atoms with Crippen molar-refractivity contribution in [3.63, 3.8) is 0 Å². The number of nitrogens with zero attached hydrogens (tertiary/aromatic N) is 2. The van der Waals surface area contributed by atoms with Gasteiger partial charge in [-0.05, 0) is 164 Å². The van der Waals surface area contributed by atoms with E-state index in [0.29, 0.717) is 54.8 Å². The second-order valence-corrected chi connectivity index (χ2v) is 28.2. The predicted octanol–water partition coefficient (Wildman–Crippen LogP) is 10.5. The van der Waals surface area contributed by atoms with Gasteiger partial charge in [-0.2, -0.15) is 0 Å². The summed E-state index contributed by atoms with van der Waals surface area (Å²) < 4.78 is 40.7. The number of Topliss-reactive ketones (excluding diaryl/α,β-unsaturated/α-hetero) is 2. The van der Waals surface area contributed by atoms with E-state index in [4.69, 9.17) is 28.4 Å². The van der Waals surface area contributed by atoms with Gasteiger partial charge in [0, 0.05) is 61.1 Å². The zero-order valence-electron chi connectivity index (χ0n) is 56.4. The number of amides is 2. The quantitative estimate of drug-likeness (QED) is 0.0207. The van der Waals surface area contributed by atoms with E-state index in [2.05, 4.69) is 40.6 Å². The van der Waals surface area contributed by atoms with E-state index >= 15 is 14.4 Å². The zero-order chi connectivity index (χ0) is 68.5. The Morgan fingerprint density at radius 1 is 0.760 bits per heavy atom. The summed E-state index contributed by atoms with van der Waals surface area (Å²) >= 11 is 0. The monoisotopic (exact) mass is 1310 g/mol. The highest BCUT2D eigenvalue weighted by Gasteiger charge is 2.86. The Balaban J connectivity index is 0.969. The Morgan fingerprint density at radius 3 is 2.04 bits per heavy atom. The first-order chi connectivity index (χ1) is 45.7. The van der Waals surface area contributed by atoms with Gasteiger partial charge in [0.2, 0.25) is 12.2 Å². The minimum Gasteiger partial charge on any atom is -0.482 e. The highest BCUT2D eigenvalue weighted by atomic mass is 16.7. The van der Waals surface area contributed by atoms with Gasteiger partial charge in [0.15, 0.2) is 28.5 Å². The Kier molecular flexibility index (Phi) is 18.5. The number of aliphatic hydroxyl groups is 4. The lowest BCUT2D eigenvalue weighted by molar-refractivity contribution is -0.277. The molecule has 504 valence electrons. The number of esters is 1. The fourth-order valence-corrected chi connectivity index (χ4v) is 15.8. The molecule has 1 spiro atoms. The molecule has 0 radical (unpaired) electrons. The number of nitrogens with one attached hydrogen (secondary N) is 1. The van der Waals surface area contributed by atoms with Crippen LogP contribution in [0.5, 0.6) is 23.0 Å². The van der Waals surface area contributed by atoms with Crippen molar-refractivity contribution >= 4 is 57.0 Å². The fourth-order valence-electron chi connectivity index (χ4n) is 15.8. The van der Waals surface area contributed by atoms with Crippen LogP contribution in [-0.2, 0) is 43.4 Å². The number of hydrogen-bond acceptors (Lipinski definition) is 16. The van der Waals surface area contributed by atoms with E-state index in [9.17, 15) is 30.0 Å². The van der Waals surface area contributed by atoms with Crippen LogP contribution >= 0.6 is 0 Å². The smallest absolute Gasteiger partial charge is 0.333 e. The van der Waals surface area contributed by atoms with Crippen LogP contribution in [0.2, 0.25) is 0 Å². The molecule has 0 aromatic heterocycles. The van der Waals surface area contributed by atoms with Crippen molar-refractivity contribution < 1.29 is 72.8 Å². The van der Waals surface area contributed by atoms with E-state index in [0.717, 1.165) is 43.8 Å². The Morgan fingerprint density at radius 2 is 1.40 bits per heavy atom. The van der Waals surface area contributed by atoms with Gasteiger partial charge in [-0.3, -0.25) is 24.1 Å². The van der Waals surface area contributed by atoms with Crippen LogP contribution in [0.3, 0.4) is 0 Å². The molecule has 3 saturated carbocycles. The molecule has 5 fully saturated rings. The second kappa shape index (κ2) is 26.2. The third kappa shape index (κ3) is 12.0. The number of rotatable bonds is 20. The molecule has 13 rings (SSSR count). The third-order valence-electron chi connectivity index (χ3n) is 20.6. The third-order valence-corrected chi connectivity index (χ3v) is 20.6. The molecular weight excluding hydrogens is 1220 g/mol. The van der Waals surface area contributed by atoms with Crippen molar-refractivity contribution in [1.29, 1.82) is 0 Å². The summed E-state index contributed by atoms with van der Waals surface area (Å²) in [6.07, 6.45) is 3.72. The molecule has 96 heavy (non-hydrogen) atoms. The van der Waals surface area contributed by atoms with Gasteiger partial charge in [-0.15, -0.1) is 0 Å². The number of likely N-dealkylation sites (N-methyl/N-ethyl adjacent to an activating group) is 1. The predicted molar refractivity (Wildman–Crippen MR) is 363 cm³/mol. The SMILES string of the molecule is CC(C)=CCCC1(C)C=Cc2c(c(CC=C(C)C)c3c(c2OC(=O)C(C)NC(=O)c2ccc(O[C@@H]4O[C@H](CO)[C@@H](O)[C@@H](O)[C@H]4O)cc2)C(=O)C2C(N(C)Cc4cccc5ccccc45)C4CC5C(C)(C)OC(CC=C(C)C(=O)N(C)Cc6cccc7ccccc67)(C4=O)C25O3)O1. The van der Waals surface area contributed by atoms with Crippen LogP contribution in [0.1, 0.15) is 131 Å². The molecule has 3 aliphatic carbocycles. The van der Waals surface area contributed by atoms with Crippen LogP contribution in [-0.4, -0.2) is 145 Å². The van der Waals surface area contributed by atoms with E-state index < -0.39 is 107 Å². The lowest BCUT2D eigenvalue weighted by Crippen LogP contribution is -2.81. The number of ether oxygens (including phenoxy) is 6. The molecular formula is C78H87N3O15. The molecule has 18 heteroatoms. The Bertz CT molecular complexity index is 4190. The number of allylic oxidation sites excluding steroid dienone is 4. The zero-order valence-corrected chi connectivity index (χ0v) is 56.4. The topological polar surface area (TPSA) is 240 Å².